The zero-order valence-electron chi connectivity index (χ0n) is 20.1. The van der Waals surface area contributed by atoms with Gasteiger partial charge >= 0.3 is 0 Å². The molecule has 7 rings (SSSR count). The van der Waals surface area contributed by atoms with Crippen molar-refractivity contribution in [1.82, 2.24) is 35.0 Å². The summed E-state index contributed by atoms with van der Waals surface area (Å²) in [5.41, 5.74) is 12.5. The van der Waals surface area contributed by atoms with E-state index in [9.17, 15) is 0 Å². The number of anilines is 2. The van der Waals surface area contributed by atoms with E-state index in [0.717, 1.165) is 84.3 Å². The lowest BCUT2D eigenvalue weighted by molar-refractivity contribution is 0.313. The lowest BCUT2D eigenvalue weighted by Gasteiger charge is -2.37. The highest BCUT2D eigenvalue weighted by atomic mass is 15.3. The van der Waals surface area contributed by atoms with Crippen LogP contribution in [-0.2, 0) is 0 Å². The summed E-state index contributed by atoms with van der Waals surface area (Å²) in [6, 6.07) is 10.9. The Balaban J connectivity index is 1.26. The number of hydrogen-bond acceptors (Lipinski definition) is 8. The second-order valence-electron chi connectivity index (χ2n) is 9.83. The Morgan fingerprint density at radius 1 is 0.917 bits per heavy atom. The number of likely N-dealkylation sites (N-methyl/N-ethyl adjacent to an activating group) is 1. The van der Waals surface area contributed by atoms with Gasteiger partial charge in [-0.15, -0.1) is 0 Å². The van der Waals surface area contributed by atoms with Gasteiger partial charge in [-0.3, -0.25) is 15.1 Å². The molecule has 0 bridgehead atoms. The molecule has 10 heteroatoms. The number of aromatic nitrogens is 6. The van der Waals surface area contributed by atoms with Gasteiger partial charge in [0.2, 0.25) is 0 Å². The molecule has 1 aromatic carbocycles. The SMILES string of the molecule is CN1CCN(c2cccc3[nH]c(-c4n[nH]c5cnc(-c6cncc(N7CC(N)C7)n6)cc45)cc23)CC1. The average molecular weight is 481 g/mol. The third kappa shape index (κ3) is 3.57. The first-order valence-corrected chi connectivity index (χ1v) is 12.3. The van der Waals surface area contributed by atoms with Gasteiger partial charge in [-0.05, 0) is 31.3 Å². The third-order valence-electron chi connectivity index (χ3n) is 7.31. The first-order chi connectivity index (χ1) is 17.6. The molecule has 0 amide bonds. The van der Waals surface area contributed by atoms with Crippen LogP contribution in [0, 0.1) is 0 Å². The number of H-pyrrole nitrogens is 2. The molecule has 5 aromatic rings. The fraction of sp³-hybridized carbons (Fsp3) is 0.308. The van der Waals surface area contributed by atoms with Crippen molar-refractivity contribution in [2.75, 3.05) is 56.1 Å². The maximum absolute atomic E-state index is 5.94. The number of hydrogen-bond donors (Lipinski definition) is 3. The van der Waals surface area contributed by atoms with E-state index in [1.807, 2.05) is 12.3 Å². The van der Waals surface area contributed by atoms with Gasteiger partial charge in [-0.1, -0.05) is 6.07 Å². The minimum atomic E-state index is 0.200. The monoisotopic (exact) mass is 480 g/mol. The van der Waals surface area contributed by atoms with Crippen LogP contribution in [0.5, 0.6) is 0 Å². The van der Waals surface area contributed by atoms with Crippen LogP contribution in [-0.4, -0.2) is 87.4 Å². The van der Waals surface area contributed by atoms with Crippen LogP contribution in [0.1, 0.15) is 0 Å². The Kier molecular flexibility index (Phi) is 4.90. The predicted molar refractivity (Wildman–Crippen MR) is 142 cm³/mol. The van der Waals surface area contributed by atoms with E-state index in [-0.39, 0.29) is 6.04 Å². The quantitative estimate of drug-likeness (QED) is 0.359. The molecule has 0 aliphatic carbocycles. The number of nitrogens with two attached hydrogens (primary N) is 1. The molecule has 36 heavy (non-hydrogen) atoms. The van der Waals surface area contributed by atoms with Gasteiger partial charge in [0, 0.05) is 67.3 Å². The summed E-state index contributed by atoms with van der Waals surface area (Å²) in [5.74, 6) is 0.829. The average Bonchev–Trinajstić information content (AvgIpc) is 3.51. The Bertz CT molecular complexity index is 1560. The van der Waals surface area contributed by atoms with Gasteiger partial charge in [0.1, 0.15) is 17.2 Å². The fourth-order valence-electron chi connectivity index (χ4n) is 5.18. The summed E-state index contributed by atoms with van der Waals surface area (Å²) in [7, 11) is 2.18. The van der Waals surface area contributed by atoms with Gasteiger partial charge < -0.3 is 25.4 Å². The number of benzene rings is 1. The Morgan fingerprint density at radius 3 is 2.61 bits per heavy atom. The van der Waals surface area contributed by atoms with E-state index in [4.69, 9.17) is 10.7 Å². The summed E-state index contributed by atoms with van der Waals surface area (Å²) in [5, 5.41) is 10.00. The molecule has 0 atom stereocenters. The normalized spacial score (nSPS) is 17.3. The molecule has 0 radical (unpaired) electrons. The Morgan fingerprint density at radius 2 is 1.78 bits per heavy atom. The molecule has 2 aliphatic rings. The van der Waals surface area contributed by atoms with Crippen LogP contribution in [0.2, 0.25) is 0 Å². The lowest BCUT2D eigenvalue weighted by atomic mass is 10.1. The molecular weight excluding hydrogens is 452 g/mol. The summed E-state index contributed by atoms with van der Waals surface area (Å²) in [4.78, 5) is 24.4. The van der Waals surface area contributed by atoms with Crippen LogP contribution in [0.25, 0.3) is 44.6 Å². The van der Waals surface area contributed by atoms with Crippen molar-refractivity contribution in [2.24, 2.45) is 5.73 Å². The van der Waals surface area contributed by atoms with Crippen molar-refractivity contribution in [3.05, 3.63) is 48.9 Å². The maximum atomic E-state index is 5.94. The smallest absolute Gasteiger partial charge is 0.147 e. The number of aromatic amines is 2. The highest BCUT2D eigenvalue weighted by molar-refractivity contribution is 6.00. The summed E-state index contributed by atoms with van der Waals surface area (Å²) >= 11 is 0. The summed E-state index contributed by atoms with van der Waals surface area (Å²) in [6.07, 6.45) is 5.34. The van der Waals surface area contributed by atoms with E-state index in [2.05, 4.69) is 71.2 Å². The molecule has 0 unspecified atom stereocenters. The van der Waals surface area contributed by atoms with Gasteiger partial charge in [0.15, 0.2) is 0 Å². The van der Waals surface area contributed by atoms with E-state index < -0.39 is 0 Å². The van der Waals surface area contributed by atoms with Crippen LogP contribution in [0.15, 0.2) is 48.9 Å². The Labute approximate surface area is 208 Å². The van der Waals surface area contributed by atoms with Crippen LogP contribution >= 0.6 is 0 Å². The van der Waals surface area contributed by atoms with Crippen molar-refractivity contribution >= 4 is 33.3 Å². The number of piperazine rings is 1. The van der Waals surface area contributed by atoms with Crippen LogP contribution in [0.4, 0.5) is 11.5 Å². The van der Waals surface area contributed by atoms with Gasteiger partial charge in [0.05, 0.1) is 35.5 Å². The van der Waals surface area contributed by atoms with E-state index in [1.165, 1.54) is 11.1 Å². The fourth-order valence-corrected chi connectivity index (χ4v) is 5.18. The molecule has 4 aromatic heterocycles. The standard InChI is InChI=1S/C26H28N10/c1-34-5-7-35(8-6-34)24-4-2-3-19-17(24)9-21(30-19)26-18-10-20(29-12-22(18)32-33-26)23-11-28-13-25(31-23)36-14-16(27)15-36/h2-4,9-13,16,30H,5-8,14-15,27H2,1H3,(H,32,33). The summed E-state index contributed by atoms with van der Waals surface area (Å²) in [6.45, 7) is 5.80. The lowest BCUT2D eigenvalue weighted by Crippen LogP contribution is -2.56. The zero-order valence-corrected chi connectivity index (χ0v) is 20.1. The third-order valence-corrected chi connectivity index (χ3v) is 7.31. The van der Waals surface area contributed by atoms with E-state index >= 15 is 0 Å². The number of nitrogens with one attached hydrogen (secondary N) is 2. The molecule has 2 saturated heterocycles. The highest BCUT2D eigenvalue weighted by Crippen LogP contribution is 2.34. The topological polar surface area (TPSA) is 119 Å². The van der Waals surface area contributed by atoms with Gasteiger partial charge in [-0.2, -0.15) is 5.10 Å². The first kappa shape index (κ1) is 21.3. The first-order valence-electron chi connectivity index (χ1n) is 12.3. The highest BCUT2D eigenvalue weighted by Gasteiger charge is 2.25. The van der Waals surface area contributed by atoms with Crippen molar-refractivity contribution in [1.29, 1.82) is 0 Å². The van der Waals surface area contributed by atoms with Crippen molar-refractivity contribution in [3.8, 4) is 22.8 Å². The molecule has 0 spiro atoms. The number of pyridine rings is 1. The largest absolute Gasteiger partial charge is 0.368 e. The molecule has 182 valence electrons. The minimum absolute atomic E-state index is 0.200. The zero-order chi connectivity index (χ0) is 24.2. The maximum Gasteiger partial charge on any atom is 0.147 e. The van der Waals surface area contributed by atoms with E-state index in [0.29, 0.717) is 0 Å². The number of nitrogens with zero attached hydrogens (tertiary/aromatic N) is 7. The number of rotatable bonds is 4. The Hall–Kier alpha value is -4.02. The molecule has 6 heterocycles. The second kappa shape index (κ2) is 8.28. The van der Waals surface area contributed by atoms with Crippen molar-refractivity contribution < 1.29 is 0 Å². The predicted octanol–water partition coefficient (Wildman–Crippen LogP) is 2.46. The number of fused-ring (bicyclic) bond motifs is 2. The van der Waals surface area contributed by atoms with Gasteiger partial charge in [-0.25, -0.2) is 4.98 Å². The molecule has 0 saturated carbocycles. The van der Waals surface area contributed by atoms with Crippen LogP contribution in [0.3, 0.4) is 0 Å². The molecular formula is C26H28N10. The molecule has 10 nitrogen and oxygen atoms in total. The second-order valence-corrected chi connectivity index (χ2v) is 9.83. The summed E-state index contributed by atoms with van der Waals surface area (Å²) < 4.78 is 0. The molecule has 4 N–H and O–H groups in total. The van der Waals surface area contributed by atoms with Crippen molar-refractivity contribution in [2.45, 2.75) is 6.04 Å². The molecule has 2 fully saturated rings. The van der Waals surface area contributed by atoms with E-state index in [1.54, 1.807) is 12.4 Å². The van der Waals surface area contributed by atoms with Crippen LogP contribution < -0.4 is 15.5 Å². The van der Waals surface area contributed by atoms with Gasteiger partial charge in [0.25, 0.3) is 0 Å². The molecule has 2 aliphatic heterocycles. The minimum Gasteiger partial charge on any atom is -0.368 e. The van der Waals surface area contributed by atoms with Crippen molar-refractivity contribution in [3.63, 3.8) is 0 Å².